The maximum absolute atomic E-state index is 4.12. The fourth-order valence-electron chi connectivity index (χ4n) is 3.38. The summed E-state index contributed by atoms with van der Waals surface area (Å²) >= 11 is 0. The molecule has 0 bridgehead atoms. The number of hydrogen-bond acceptors (Lipinski definition) is 0. The van der Waals surface area contributed by atoms with Gasteiger partial charge in [-0.2, -0.15) is 0 Å². The van der Waals surface area contributed by atoms with Crippen LogP contribution in [0.1, 0.15) is 46.5 Å². The summed E-state index contributed by atoms with van der Waals surface area (Å²) in [5, 5.41) is 0. The molecule has 0 N–H and O–H groups in total. The SMILES string of the molecule is C=C(C)[C@@H]1C=C2[C@@H](CC1)[C@H](C)CC[C@@H]2C. The summed E-state index contributed by atoms with van der Waals surface area (Å²) in [6.45, 7) is 11.1. The van der Waals surface area contributed by atoms with Crippen LogP contribution in [0.4, 0.5) is 0 Å². The molecule has 1 fully saturated rings. The molecule has 0 spiro atoms. The minimum atomic E-state index is 0.670. The minimum absolute atomic E-state index is 0.670. The standard InChI is InChI=1S/C15H24/c1-10(2)13-7-8-14-11(3)5-6-12(4)15(14)9-13/h9,11-14H,1,5-8H2,2-4H3/t11-,12+,13+,14+/m1/s1. The molecule has 0 unspecified atom stereocenters. The van der Waals surface area contributed by atoms with Crippen molar-refractivity contribution in [1.29, 1.82) is 0 Å². The van der Waals surface area contributed by atoms with Crippen LogP contribution in [0, 0.1) is 23.7 Å². The Hall–Kier alpha value is -0.520. The largest absolute Gasteiger partial charge is 0.0995 e. The lowest BCUT2D eigenvalue weighted by atomic mass is 9.65. The Kier molecular flexibility index (Phi) is 3.04. The van der Waals surface area contributed by atoms with Crippen molar-refractivity contribution in [1.82, 2.24) is 0 Å². The molecule has 84 valence electrons. The molecule has 0 aromatic rings. The molecule has 0 radical (unpaired) electrons. The van der Waals surface area contributed by atoms with E-state index in [0.29, 0.717) is 5.92 Å². The van der Waals surface area contributed by atoms with Gasteiger partial charge in [-0.3, -0.25) is 0 Å². The summed E-state index contributed by atoms with van der Waals surface area (Å²) in [5.41, 5.74) is 3.11. The second kappa shape index (κ2) is 4.15. The molecule has 0 heteroatoms. The number of allylic oxidation sites excluding steroid dienone is 3. The molecule has 2 rings (SSSR count). The van der Waals surface area contributed by atoms with E-state index in [0.717, 1.165) is 17.8 Å². The molecule has 0 nitrogen and oxygen atoms in total. The van der Waals surface area contributed by atoms with Crippen LogP contribution < -0.4 is 0 Å². The van der Waals surface area contributed by atoms with Crippen molar-refractivity contribution >= 4 is 0 Å². The average molecular weight is 204 g/mol. The van der Waals surface area contributed by atoms with Crippen LogP contribution in [0.2, 0.25) is 0 Å². The molecule has 0 aromatic heterocycles. The lowest BCUT2D eigenvalue weighted by molar-refractivity contribution is 0.248. The van der Waals surface area contributed by atoms with E-state index in [1.54, 1.807) is 5.57 Å². The topological polar surface area (TPSA) is 0 Å². The highest BCUT2D eigenvalue weighted by molar-refractivity contribution is 5.22. The zero-order chi connectivity index (χ0) is 11.0. The van der Waals surface area contributed by atoms with Crippen molar-refractivity contribution in [2.45, 2.75) is 46.5 Å². The van der Waals surface area contributed by atoms with E-state index in [1.807, 2.05) is 0 Å². The fraction of sp³-hybridized carbons (Fsp3) is 0.733. The van der Waals surface area contributed by atoms with E-state index >= 15 is 0 Å². The first-order chi connectivity index (χ1) is 7.09. The van der Waals surface area contributed by atoms with Gasteiger partial charge in [0.25, 0.3) is 0 Å². The molecule has 0 saturated heterocycles. The second-order valence-corrected chi connectivity index (χ2v) is 5.76. The van der Waals surface area contributed by atoms with Gasteiger partial charge in [-0.1, -0.05) is 37.6 Å². The summed E-state index contributed by atoms with van der Waals surface area (Å²) in [6.07, 6.45) is 8.11. The number of hydrogen-bond donors (Lipinski definition) is 0. The van der Waals surface area contributed by atoms with Gasteiger partial charge in [0.1, 0.15) is 0 Å². The quantitative estimate of drug-likeness (QED) is 0.548. The first-order valence-electron chi connectivity index (χ1n) is 6.46. The Morgan fingerprint density at radius 3 is 2.60 bits per heavy atom. The maximum Gasteiger partial charge on any atom is -0.00256 e. The Balaban J connectivity index is 2.23. The molecule has 0 heterocycles. The van der Waals surface area contributed by atoms with E-state index in [1.165, 1.54) is 31.3 Å². The lowest BCUT2D eigenvalue weighted by Crippen LogP contribution is -2.28. The van der Waals surface area contributed by atoms with Gasteiger partial charge in [-0.15, -0.1) is 0 Å². The van der Waals surface area contributed by atoms with Crippen LogP contribution in [-0.2, 0) is 0 Å². The molecular weight excluding hydrogens is 180 g/mol. The third-order valence-corrected chi connectivity index (χ3v) is 4.55. The number of rotatable bonds is 1. The Morgan fingerprint density at radius 1 is 1.20 bits per heavy atom. The molecular formula is C15H24. The minimum Gasteiger partial charge on any atom is -0.0995 e. The monoisotopic (exact) mass is 204 g/mol. The van der Waals surface area contributed by atoms with E-state index in [9.17, 15) is 0 Å². The molecule has 2 aliphatic carbocycles. The van der Waals surface area contributed by atoms with Gasteiger partial charge in [0.15, 0.2) is 0 Å². The van der Waals surface area contributed by atoms with Crippen molar-refractivity contribution in [3.63, 3.8) is 0 Å². The molecule has 2 aliphatic rings. The summed E-state index contributed by atoms with van der Waals surface area (Å²) in [5.74, 6) is 3.31. The van der Waals surface area contributed by atoms with Crippen LogP contribution in [0.5, 0.6) is 0 Å². The molecule has 0 aliphatic heterocycles. The van der Waals surface area contributed by atoms with E-state index in [-0.39, 0.29) is 0 Å². The Labute approximate surface area is 94.5 Å². The van der Waals surface area contributed by atoms with Crippen molar-refractivity contribution in [2.24, 2.45) is 23.7 Å². The van der Waals surface area contributed by atoms with Gasteiger partial charge < -0.3 is 0 Å². The predicted molar refractivity (Wildman–Crippen MR) is 66.7 cm³/mol. The van der Waals surface area contributed by atoms with Gasteiger partial charge >= 0.3 is 0 Å². The third-order valence-electron chi connectivity index (χ3n) is 4.55. The normalized spacial score (nSPS) is 40.6. The van der Waals surface area contributed by atoms with Crippen LogP contribution >= 0.6 is 0 Å². The third kappa shape index (κ3) is 2.04. The van der Waals surface area contributed by atoms with Gasteiger partial charge in [-0.05, 0) is 56.3 Å². The second-order valence-electron chi connectivity index (χ2n) is 5.76. The van der Waals surface area contributed by atoms with Crippen molar-refractivity contribution in [3.05, 3.63) is 23.8 Å². The van der Waals surface area contributed by atoms with Crippen molar-refractivity contribution in [2.75, 3.05) is 0 Å². The van der Waals surface area contributed by atoms with Gasteiger partial charge in [0.05, 0.1) is 0 Å². The van der Waals surface area contributed by atoms with Crippen LogP contribution in [0.25, 0.3) is 0 Å². The molecule has 4 atom stereocenters. The highest BCUT2D eigenvalue weighted by Gasteiger charge is 2.33. The summed E-state index contributed by atoms with van der Waals surface area (Å²) in [4.78, 5) is 0. The number of fused-ring (bicyclic) bond motifs is 1. The fourth-order valence-corrected chi connectivity index (χ4v) is 3.38. The van der Waals surface area contributed by atoms with Gasteiger partial charge in [0, 0.05) is 0 Å². The first-order valence-corrected chi connectivity index (χ1v) is 6.46. The van der Waals surface area contributed by atoms with Crippen LogP contribution in [0.15, 0.2) is 23.8 Å². The van der Waals surface area contributed by atoms with E-state index in [2.05, 4.69) is 33.4 Å². The first kappa shape index (κ1) is 11.0. The van der Waals surface area contributed by atoms with Crippen LogP contribution in [-0.4, -0.2) is 0 Å². The van der Waals surface area contributed by atoms with Crippen LogP contribution in [0.3, 0.4) is 0 Å². The zero-order valence-corrected chi connectivity index (χ0v) is 10.4. The van der Waals surface area contributed by atoms with E-state index < -0.39 is 0 Å². The Morgan fingerprint density at radius 2 is 1.93 bits per heavy atom. The van der Waals surface area contributed by atoms with Crippen molar-refractivity contribution in [3.8, 4) is 0 Å². The van der Waals surface area contributed by atoms with Crippen molar-refractivity contribution < 1.29 is 0 Å². The molecule has 0 aromatic carbocycles. The average Bonchev–Trinajstić information content (AvgIpc) is 2.23. The van der Waals surface area contributed by atoms with E-state index in [4.69, 9.17) is 0 Å². The summed E-state index contributed by atoms with van der Waals surface area (Å²) in [7, 11) is 0. The smallest absolute Gasteiger partial charge is 0.00256 e. The van der Waals surface area contributed by atoms with Gasteiger partial charge in [0.2, 0.25) is 0 Å². The maximum atomic E-state index is 4.12. The molecule has 0 amide bonds. The highest BCUT2D eigenvalue weighted by atomic mass is 14.4. The Bertz CT molecular complexity index is 284. The molecule has 1 saturated carbocycles. The van der Waals surface area contributed by atoms with Gasteiger partial charge in [-0.25, -0.2) is 0 Å². The zero-order valence-electron chi connectivity index (χ0n) is 10.4. The predicted octanol–water partition coefficient (Wildman–Crippen LogP) is 4.58. The summed E-state index contributed by atoms with van der Waals surface area (Å²) < 4.78 is 0. The highest BCUT2D eigenvalue weighted by Crippen LogP contribution is 2.45. The molecule has 15 heavy (non-hydrogen) atoms. The lowest BCUT2D eigenvalue weighted by Gasteiger charge is -2.40. The summed E-state index contributed by atoms with van der Waals surface area (Å²) in [6, 6.07) is 0.